The van der Waals surface area contributed by atoms with Crippen molar-refractivity contribution in [3.05, 3.63) is 103 Å². The van der Waals surface area contributed by atoms with Crippen molar-refractivity contribution in [2.75, 3.05) is 23.8 Å². The maximum Gasteiger partial charge on any atom is 0.250 e. The lowest BCUT2D eigenvalue weighted by atomic mass is 9.66. The Bertz CT molecular complexity index is 1800. The van der Waals surface area contributed by atoms with E-state index < -0.39 is 47.6 Å². The van der Waals surface area contributed by atoms with Gasteiger partial charge in [-0.3, -0.25) is 14.4 Å². The first-order valence-corrected chi connectivity index (χ1v) is 15.8. The van der Waals surface area contributed by atoms with E-state index in [2.05, 4.69) is 10.6 Å². The number of hydrogen-bond donors (Lipinski definition) is 3. The van der Waals surface area contributed by atoms with Gasteiger partial charge in [0.15, 0.2) is 0 Å². The van der Waals surface area contributed by atoms with Gasteiger partial charge in [0, 0.05) is 11.4 Å². The molecule has 0 radical (unpaired) electrons. The van der Waals surface area contributed by atoms with Gasteiger partial charge in [-0.1, -0.05) is 60.7 Å². The third-order valence-electron chi connectivity index (χ3n) is 9.89. The number of anilines is 2. The predicted molar refractivity (Wildman–Crippen MR) is 174 cm³/mol. The third-order valence-corrected chi connectivity index (χ3v) is 9.89. The van der Waals surface area contributed by atoms with E-state index in [1.165, 1.54) is 4.90 Å². The van der Waals surface area contributed by atoms with E-state index in [0.717, 1.165) is 10.8 Å². The summed E-state index contributed by atoms with van der Waals surface area (Å²) in [7, 11) is 0. The van der Waals surface area contributed by atoms with Gasteiger partial charge in [-0.2, -0.15) is 0 Å². The zero-order valence-corrected chi connectivity index (χ0v) is 25.8. The minimum absolute atomic E-state index is 0.345. The van der Waals surface area contributed by atoms with E-state index >= 15 is 0 Å². The second-order valence-corrected chi connectivity index (χ2v) is 12.6. The summed E-state index contributed by atoms with van der Waals surface area (Å²) in [4.78, 5) is 44.7. The van der Waals surface area contributed by atoms with Crippen LogP contribution in [0.1, 0.15) is 38.3 Å². The zero-order valence-electron chi connectivity index (χ0n) is 25.8. The first-order valence-electron chi connectivity index (χ1n) is 15.8. The van der Waals surface area contributed by atoms with Crippen LogP contribution in [0.4, 0.5) is 11.4 Å². The van der Waals surface area contributed by atoms with E-state index in [1.54, 1.807) is 24.3 Å². The number of aliphatic hydroxyl groups excluding tert-OH is 1. The molecule has 9 nitrogen and oxygen atoms in total. The quantitative estimate of drug-likeness (QED) is 0.234. The number of fused-ring (bicyclic) bond motifs is 2. The van der Waals surface area contributed by atoms with Gasteiger partial charge < -0.3 is 30.1 Å². The Balaban J connectivity index is 1.26. The number of rotatable bonds is 9. The van der Waals surface area contributed by atoms with Crippen LogP contribution in [0.25, 0.3) is 10.8 Å². The van der Waals surface area contributed by atoms with Crippen LogP contribution in [0.2, 0.25) is 0 Å². The minimum atomic E-state index is -1.25. The van der Waals surface area contributed by atoms with Gasteiger partial charge in [0.05, 0.1) is 36.7 Å². The van der Waals surface area contributed by atoms with Gasteiger partial charge in [-0.25, -0.2) is 0 Å². The number of carbonyl (C=O) groups is 3. The molecule has 4 aromatic rings. The van der Waals surface area contributed by atoms with Crippen molar-refractivity contribution in [2.45, 2.75) is 50.0 Å². The molecule has 9 heteroatoms. The van der Waals surface area contributed by atoms with Crippen LogP contribution in [-0.2, 0) is 19.1 Å². The molecule has 3 N–H and O–H groups in total. The lowest BCUT2D eigenvalue weighted by Crippen LogP contribution is -2.54. The standard InChI is InChI=1S/C37H37N3O6/c1-3-45-28-17-15-26(16-18-28)38-33(42)30-31-35(44)40(29(22-41)24-10-5-4-6-11-24)32(37(31)20-19-36(30,2)46-37)34(43)39-27-14-13-23-9-7-8-12-25(23)21-27/h4-18,21,29-32,41H,3,19-20,22H2,1-2H3,(H,38,42)(H,39,43)/t29-,30+,31+,32?,36-,37?/m1/s1. The molecule has 46 heavy (non-hydrogen) atoms. The number of nitrogens with one attached hydrogen (secondary N) is 2. The number of amides is 3. The lowest BCUT2D eigenvalue weighted by molar-refractivity contribution is -0.147. The van der Waals surface area contributed by atoms with Crippen LogP contribution in [0, 0.1) is 11.8 Å². The van der Waals surface area contributed by atoms with Crippen molar-refractivity contribution in [1.29, 1.82) is 0 Å². The van der Waals surface area contributed by atoms with Crippen molar-refractivity contribution >= 4 is 39.9 Å². The number of ether oxygens (including phenoxy) is 2. The van der Waals surface area contributed by atoms with Gasteiger partial charge >= 0.3 is 0 Å². The average Bonchev–Trinajstić information content (AvgIpc) is 3.63. The maximum atomic E-state index is 14.7. The Morgan fingerprint density at radius 1 is 0.913 bits per heavy atom. The molecule has 3 aliphatic rings. The molecule has 3 heterocycles. The first-order chi connectivity index (χ1) is 22.3. The summed E-state index contributed by atoms with van der Waals surface area (Å²) in [5, 5.41) is 18.8. The maximum absolute atomic E-state index is 14.7. The highest BCUT2D eigenvalue weighted by atomic mass is 16.5. The van der Waals surface area contributed by atoms with E-state index in [9.17, 15) is 19.5 Å². The molecular weight excluding hydrogens is 582 g/mol. The molecule has 2 unspecified atom stereocenters. The summed E-state index contributed by atoms with van der Waals surface area (Å²) >= 11 is 0. The molecule has 3 saturated heterocycles. The monoisotopic (exact) mass is 619 g/mol. The van der Waals surface area contributed by atoms with Crippen molar-refractivity contribution in [1.82, 2.24) is 4.90 Å². The summed E-state index contributed by atoms with van der Waals surface area (Å²) in [5.74, 6) is -2.22. The molecule has 3 amide bonds. The van der Waals surface area contributed by atoms with Crippen LogP contribution >= 0.6 is 0 Å². The van der Waals surface area contributed by atoms with Gasteiger partial charge in [-0.05, 0) is 79.4 Å². The Morgan fingerprint density at radius 2 is 1.59 bits per heavy atom. The Morgan fingerprint density at radius 3 is 2.30 bits per heavy atom. The van der Waals surface area contributed by atoms with Crippen molar-refractivity contribution in [3.8, 4) is 5.75 Å². The summed E-state index contributed by atoms with van der Waals surface area (Å²) in [6, 6.07) is 27.9. The lowest BCUT2D eigenvalue weighted by Gasteiger charge is -2.37. The molecular formula is C37H37N3O6. The zero-order chi connectivity index (χ0) is 32.1. The van der Waals surface area contributed by atoms with Gasteiger partial charge in [0.1, 0.15) is 17.4 Å². The van der Waals surface area contributed by atoms with E-state index in [-0.39, 0.29) is 11.8 Å². The summed E-state index contributed by atoms with van der Waals surface area (Å²) in [6.07, 6.45) is 0.923. The summed E-state index contributed by atoms with van der Waals surface area (Å²) < 4.78 is 12.3. The van der Waals surface area contributed by atoms with Crippen molar-refractivity contribution in [3.63, 3.8) is 0 Å². The van der Waals surface area contributed by atoms with E-state index in [1.807, 2.05) is 86.6 Å². The highest BCUT2D eigenvalue weighted by Gasteiger charge is 2.78. The summed E-state index contributed by atoms with van der Waals surface area (Å²) in [6.45, 7) is 3.88. The molecule has 3 fully saturated rings. The fourth-order valence-corrected chi connectivity index (χ4v) is 7.93. The Labute approximate surface area is 267 Å². The molecule has 1 spiro atoms. The molecule has 0 aliphatic carbocycles. The molecule has 236 valence electrons. The second-order valence-electron chi connectivity index (χ2n) is 12.6. The predicted octanol–water partition coefficient (Wildman–Crippen LogP) is 5.31. The smallest absolute Gasteiger partial charge is 0.250 e. The average molecular weight is 620 g/mol. The fraction of sp³-hybridized carbons (Fsp3) is 0.324. The second kappa shape index (κ2) is 11.6. The number of hydrogen-bond acceptors (Lipinski definition) is 6. The molecule has 0 saturated carbocycles. The number of carbonyl (C=O) groups excluding carboxylic acids is 3. The third kappa shape index (κ3) is 4.82. The minimum Gasteiger partial charge on any atom is -0.494 e. The SMILES string of the molecule is CCOc1ccc(NC(=O)[C@@H]2[C@H]3C(=O)N([C@H](CO)c4ccccc4)C(C(=O)Nc4ccc5ccccc5c4)C34CC[C@@]2(C)O4)cc1. The van der Waals surface area contributed by atoms with E-state index in [4.69, 9.17) is 9.47 Å². The molecule has 0 aromatic heterocycles. The van der Waals surface area contributed by atoms with Crippen LogP contribution in [0.15, 0.2) is 97.1 Å². The van der Waals surface area contributed by atoms with Gasteiger partial charge in [0.2, 0.25) is 17.7 Å². The van der Waals surface area contributed by atoms with Crippen LogP contribution in [0.5, 0.6) is 5.75 Å². The topological polar surface area (TPSA) is 117 Å². The highest BCUT2D eigenvalue weighted by Crippen LogP contribution is 2.64. The van der Waals surface area contributed by atoms with Crippen molar-refractivity contribution < 1.29 is 29.0 Å². The largest absolute Gasteiger partial charge is 0.494 e. The van der Waals surface area contributed by atoms with Crippen LogP contribution in [0.3, 0.4) is 0 Å². The van der Waals surface area contributed by atoms with Gasteiger partial charge in [-0.15, -0.1) is 0 Å². The highest BCUT2D eigenvalue weighted by molar-refractivity contribution is 6.06. The molecule has 6 atom stereocenters. The molecule has 2 bridgehead atoms. The Kier molecular flexibility index (Phi) is 7.53. The van der Waals surface area contributed by atoms with Crippen LogP contribution in [-0.4, -0.2) is 58.2 Å². The first kappa shape index (κ1) is 30.0. The van der Waals surface area contributed by atoms with Crippen LogP contribution < -0.4 is 15.4 Å². The Hall–Kier alpha value is -4.73. The fourth-order valence-electron chi connectivity index (χ4n) is 7.93. The van der Waals surface area contributed by atoms with E-state index in [0.29, 0.717) is 42.1 Å². The molecule has 4 aromatic carbocycles. The molecule has 3 aliphatic heterocycles. The summed E-state index contributed by atoms with van der Waals surface area (Å²) in [5.41, 5.74) is -0.367. The van der Waals surface area contributed by atoms with Gasteiger partial charge in [0.25, 0.3) is 0 Å². The number of nitrogens with zero attached hydrogens (tertiary/aromatic N) is 1. The number of aliphatic hydroxyl groups is 1. The molecule has 7 rings (SSSR count). The normalized spacial score (nSPS) is 27.0. The van der Waals surface area contributed by atoms with Crippen molar-refractivity contribution in [2.24, 2.45) is 11.8 Å². The number of benzene rings is 4. The number of likely N-dealkylation sites (tertiary alicyclic amines) is 1.